The van der Waals surface area contributed by atoms with Crippen molar-refractivity contribution in [1.29, 1.82) is 0 Å². The molecule has 0 saturated heterocycles. The Labute approximate surface area is 118 Å². The maximum atomic E-state index is 11.3. The largest absolute Gasteiger partial charge is 0.478 e. The van der Waals surface area contributed by atoms with E-state index in [9.17, 15) is 9.90 Å². The lowest BCUT2D eigenvalue weighted by Crippen LogP contribution is -2.02. The number of nitrogen functional groups attached to an aromatic ring is 1. The topological polar surface area (TPSA) is 93.5 Å². The molecule has 0 radical (unpaired) electrons. The van der Waals surface area contributed by atoms with Crippen molar-refractivity contribution in [2.75, 3.05) is 5.73 Å². The molecule has 0 aliphatic rings. The van der Waals surface area contributed by atoms with Gasteiger partial charge in [-0.15, -0.1) is 5.10 Å². The van der Waals surface area contributed by atoms with Crippen molar-refractivity contribution in [3.8, 4) is 11.1 Å². The van der Waals surface area contributed by atoms with E-state index in [0.717, 1.165) is 5.56 Å². The molecule has 3 aromatic rings. The SMILES string of the molecule is Nc1nc2c(C(=O)O)cc(-c3cccc(Cl)c3)cn2n1. The molecule has 0 aliphatic carbocycles. The maximum absolute atomic E-state index is 11.3. The number of benzene rings is 1. The first-order valence-electron chi connectivity index (χ1n) is 5.70. The summed E-state index contributed by atoms with van der Waals surface area (Å²) in [6.07, 6.45) is 1.66. The fourth-order valence-corrected chi connectivity index (χ4v) is 2.18. The molecular formula is C13H9ClN4O2. The highest BCUT2D eigenvalue weighted by Gasteiger charge is 2.15. The average Bonchev–Trinajstić information content (AvgIpc) is 2.77. The first-order chi connectivity index (χ1) is 9.54. The van der Waals surface area contributed by atoms with Gasteiger partial charge in [0.15, 0.2) is 5.65 Å². The summed E-state index contributed by atoms with van der Waals surface area (Å²) in [5.41, 5.74) is 7.22. The number of fused-ring (bicyclic) bond motifs is 1. The quantitative estimate of drug-likeness (QED) is 0.755. The number of hydrogen-bond donors (Lipinski definition) is 2. The van der Waals surface area contributed by atoms with Gasteiger partial charge in [-0.1, -0.05) is 23.7 Å². The Morgan fingerprint density at radius 3 is 2.80 bits per heavy atom. The Bertz CT molecular complexity index is 828. The van der Waals surface area contributed by atoms with Gasteiger partial charge in [-0.25, -0.2) is 9.31 Å². The van der Waals surface area contributed by atoms with E-state index in [1.807, 2.05) is 6.07 Å². The second-order valence-corrected chi connectivity index (χ2v) is 4.63. The zero-order valence-corrected chi connectivity index (χ0v) is 10.9. The summed E-state index contributed by atoms with van der Waals surface area (Å²) in [4.78, 5) is 15.2. The molecule has 0 spiro atoms. The van der Waals surface area contributed by atoms with Gasteiger partial charge in [0.2, 0.25) is 5.95 Å². The molecule has 0 atom stereocenters. The number of halogens is 1. The molecule has 7 heteroatoms. The molecule has 0 unspecified atom stereocenters. The van der Waals surface area contributed by atoms with Gasteiger partial charge in [-0.2, -0.15) is 4.98 Å². The molecule has 2 heterocycles. The summed E-state index contributed by atoms with van der Waals surface area (Å²) in [5.74, 6) is -1.07. The third kappa shape index (κ3) is 2.06. The van der Waals surface area contributed by atoms with E-state index in [-0.39, 0.29) is 17.2 Å². The van der Waals surface area contributed by atoms with Crippen molar-refractivity contribution in [2.45, 2.75) is 0 Å². The van der Waals surface area contributed by atoms with E-state index in [1.165, 1.54) is 10.6 Å². The van der Waals surface area contributed by atoms with Gasteiger partial charge in [0, 0.05) is 16.8 Å². The molecule has 0 bridgehead atoms. The van der Waals surface area contributed by atoms with Crippen LogP contribution in [0.5, 0.6) is 0 Å². The molecule has 0 amide bonds. The third-order valence-electron chi connectivity index (χ3n) is 2.84. The maximum Gasteiger partial charge on any atom is 0.339 e. The fraction of sp³-hybridized carbons (Fsp3) is 0. The number of carboxylic acid groups (broad SMARTS) is 1. The molecule has 100 valence electrons. The number of carbonyl (C=O) groups is 1. The van der Waals surface area contributed by atoms with Crippen LogP contribution in [0.3, 0.4) is 0 Å². The van der Waals surface area contributed by atoms with E-state index in [2.05, 4.69) is 10.1 Å². The molecule has 0 aliphatic heterocycles. The third-order valence-corrected chi connectivity index (χ3v) is 3.07. The predicted octanol–water partition coefficient (Wildman–Crippen LogP) is 2.33. The molecule has 2 aromatic heterocycles. The number of nitrogens with two attached hydrogens (primary N) is 1. The monoisotopic (exact) mass is 288 g/mol. The van der Waals surface area contributed by atoms with Crippen LogP contribution in [0.2, 0.25) is 5.02 Å². The molecule has 3 N–H and O–H groups in total. The summed E-state index contributed by atoms with van der Waals surface area (Å²) >= 11 is 5.95. The summed E-state index contributed by atoms with van der Waals surface area (Å²) in [6, 6.07) is 8.64. The molecule has 3 rings (SSSR count). The first-order valence-corrected chi connectivity index (χ1v) is 6.07. The van der Waals surface area contributed by atoms with E-state index >= 15 is 0 Å². The van der Waals surface area contributed by atoms with Crippen LogP contribution in [0.1, 0.15) is 10.4 Å². The Morgan fingerprint density at radius 2 is 2.10 bits per heavy atom. The molecule has 1 aromatic carbocycles. The lowest BCUT2D eigenvalue weighted by molar-refractivity contribution is 0.0698. The summed E-state index contributed by atoms with van der Waals surface area (Å²) in [6.45, 7) is 0. The van der Waals surface area contributed by atoms with Crippen LogP contribution >= 0.6 is 11.6 Å². The standard InChI is InChI=1S/C13H9ClN4O2/c14-9-3-1-2-7(4-9)8-5-10(12(19)20)11-16-13(15)17-18(11)6-8/h1-6H,(H2,15,17)(H,19,20). The fourth-order valence-electron chi connectivity index (χ4n) is 1.99. The zero-order chi connectivity index (χ0) is 14.3. The van der Waals surface area contributed by atoms with Gasteiger partial charge in [0.25, 0.3) is 0 Å². The molecule has 0 fully saturated rings. The first kappa shape index (κ1) is 12.4. The summed E-state index contributed by atoms with van der Waals surface area (Å²) in [5, 5.41) is 13.8. The van der Waals surface area contributed by atoms with Crippen molar-refractivity contribution in [3.05, 3.63) is 47.1 Å². The molecule has 20 heavy (non-hydrogen) atoms. The van der Waals surface area contributed by atoms with Crippen molar-refractivity contribution < 1.29 is 9.90 Å². The van der Waals surface area contributed by atoms with Crippen LogP contribution in [0.4, 0.5) is 5.95 Å². The Kier molecular flexibility index (Phi) is 2.80. The summed E-state index contributed by atoms with van der Waals surface area (Å²) in [7, 11) is 0. The van der Waals surface area contributed by atoms with Crippen molar-refractivity contribution in [3.63, 3.8) is 0 Å². The molecule has 6 nitrogen and oxygen atoms in total. The number of aromatic nitrogens is 3. The zero-order valence-electron chi connectivity index (χ0n) is 10.1. The van der Waals surface area contributed by atoms with Gasteiger partial charge in [0.1, 0.15) is 5.56 Å². The lowest BCUT2D eigenvalue weighted by atomic mass is 10.1. The van der Waals surface area contributed by atoms with Crippen molar-refractivity contribution in [1.82, 2.24) is 14.6 Å². The Morgan fingerprint density at radius 1 is 1.30 bits per heavy atom. The van der Waals surface area contributed by atoms with Crippen LogP contribution in [-0.4, -0.2) is 25.7 Å². The van der Waals surface area contributed by atoms with Crippen molar-refractivity contribution in [2.24, 2.45) is 0 Å². The van der Waals surface area contributed by atoms with Crippen LogP contribution in [-0.2, 0) is 0 Å². The van der Waals surface area contributed by atoms with Crippen molar-refractivity contribution >= 4 is 29.2 Å². The van der Waals surface area contributed by atoms with E-state index < -0.39 is 5.97 Å². The number of aromatic carboxylic acids is 1. The highest BCUT2D eigenvalue weighted by Crippen LogP contribution is 2.25. The van der Waals surface area contributed by atoms with Gasteiger partial charge < -0.3 is 10.8 Å². The number of hydrogen-bond acceptors (Lipinski definition) is 4. The molecular weight excluding hydrogens is 280 g/mol. The average molecular weight is 289 g/mol. The van der Waals surface area contributed by atoms with E-state index in [0.29, 0.717) is 10.6 Å². The summed E-state index contributed by atoms with van der Waals surface area (Å²) < 4.78 is 1.36. The number of rotatable bonds is 2. The predicted molar refractivity (Wildman–Crippen MR) is 74.8 cm³/mol. The van der Waals surface area contributed by atoms with Crippen LogP contribution < -0.4 is 5.73 Å². The normalized spacial score (nSPS) is 10.8. The van der Waals surface area contributed by atoms with Crippen LogP contribution in [0, 0.1) is 0 Å². The van der Waals surface area contributed by atoms with Crippen LogP contribution in [0.15, 0.2) is 36.5 Å². The highest BCUT2D eigenvalue weighted by atomic mass is 35.5. The van der Waals surface area contributed by atoms with Gasteiger partial charge in [0.05, 0.1) is 0 Å². The molecule has 0 saturated carbocycles. The second kappa shape index (κ2) is 4.50. The minimum Gasteiger partial charge on any atom is -0.478 e. The smallest absolute Gasteiger partial charge is 0.339 e. The number of pyridine rings is 1. The van der Waals surface area contributed by atoms with Gasteiger partial charge >= 0.3 is 5.97 Å². The lowest BCUT2D eigenvalue weighted by Gasteiger charge is -2.05. The Balaban J connectivity index is 2.29. The number of carboxylic acids is 1. The van der Waals surface area contributed by atoms with Gasteiger partial charge in [-0.05, 0) is 23.8 Å². The number of anilines is 1. The Hall–Kier alpha value is -2.60. The van der Waals surface area contributed by atoms with Crippen LogP contribution in [0.25, 0.3) is 16.8 Å². The van der Waals surface area contributed by atoms with E-state index in [4.69, 9.17) is 17.3 Å². The minimum absolute atomic E-state index is 0.0238. The number of nitrogens with zero attached hydrogens (tertiary/aromatic N) is 3. The minimum atomic E-state index is -1.09. The van der Waals surface area contributed by atoms with Gasteiger partial charge in [-0.3, -0.25) is 0 Å². The van der Waals surface area contributed by atoms with E-state index in [1.54, 1.807) is 24.4 Å². The highest BCUT2D eigenvalue weighted by molar-refractivity contribution is 6.30. The second-order valence-electron chi connectivity index (χ2n) is 4.20.